The number of aromatic nitrogens is 2. The molecule has 10 nitrogen and oxygen atoms in total. The first-order valence-electron chi connectivity index (χ1n) is 15.9. The van der Waals surface area contributed by atoms with Gasteiger partial charge in [0.1, 0.15) is 29.8 Å². The van der Waals surface area contributed by atoms with Gasteiger partial charge in [-0.15, -0.1) is 0 Å². The van der Waals surface area contributed by atoms with E-state index in [1.54, 1.807) is 90.7 Å². The number of phenols is 3. The fourth-order valence-electron chi connectivity index (χ4n) is 1.67. The van der Waals surface area contributed by atoms with E-state index in [0.717, 1.165) is 0 Å². The van der Waals surface area contributed by atoms with E-state index in [1.165, 1.54) is 7.05 Å². The van der Waals surface area contributed by atoms with Crippen molar-refractivity contribution in [2.75, 3.05) is 14.1 Å². The number of carbonyl (C=O) groups is 2. The molecule has 0 bridgehead atoms. The van der Waals surface area contributed by atoms with Crippen molar-refractivity contribution >= 4 is 12.6 Å². The Kier molecular flexibility index (Phi) is 95.7. The molecule has 1 heterocycles. The lowest BCUT2D eigenvalue weighted by Crippen LogP contribution is -2.13. The molecular formula is C37H69N5O5. The Balaban J connectivity index is -0.0000000614. The quantitative estimate of drug-likeness (QED) is 0.0534. The van der Waals surface area contributed by atoms with E-state index in [0.29, 0.717) is 29.8 Å². The van der Waals surface area contributed by atoms with Crippen molar-refractivity contribution in [1.82, 2.24) is 15.2 Å². The Hall–Kier alpha value is -4.51. The van der Waals surface area contributed by atoms with Gasteiger partial charge in [0.25, 0.3) is 0 Å². The van der Waals surface area contributed by atoms with Crippen LogP contribution in [0.15, 0.2) is 109 Å². The number of nitrogens with zero attached hydrogens (tertiary/aromatic N) is 2. The molecule has 0 saturated heterocycles. The average molecular weight is 664 g/mol. The van der Waals surface area contributed by atoms with E-state index < -0.39 is 0 Å². The first kappa shape index (κ1) is 61.5. The van der Waals surface area contributed by atoms with Crippen LogP contribution in [-0.2, 0) is 16.6 Å². The molecule has 0 aliphatic carbocycles. The predicted molar refractivity (Wildman–Crippen MR) is 204 cm³/mol. The lowest BCUT2D eigenvalue weighted by Gasteiger charge is -1.82. The zero-order valence-corrected chi connectivity index (χ0v) is 31.5. The molecule has 0 amide bonds. The topological polar surface area (TPSA) is 177 Å². The van der Waals surface area contributed by atoms with Crippen molar-refractivity contribution in [1.29, 1.82) is 0 Å². The van der Waals surface area contributed by atoms with Gasteiger partial charge in [-0.2, -0.15) is 5.10 Å². The molecule has 1 aromatic heterocycles. The summed E-state index contributed by atoms with van der Waals surface area (Å²) in [6, 6.07) is 28.0. The maximum absolute atomic E-state index is 9.17. The predicted octanol–water partition coefficient (Wildman–Crippen LogP) is 8.16. The minimum absolute atomic E-state index is 0.0278. The third-order valence-corrected chi connectivity index (χ3v) is 3.10. The summed E-state index contributed by atoms with van der Waals surface area (Å²) < 4.78 is 1.75. The zero-order chi connectivity index (χ0) is 38.6. The van der Waals surface area contributed by atoms with E-state index in [-0.39, 0.29) is 6.42 Å². The highest BCUT2D eigenvalue weighted by Gasteiger charge is 1.76. The largest absolute Gasteiger partial charge is 0.508 e. The molecule has 0 atom stereocenters. The second-order valence-electron chi connectivity index (χ2n) is 6.04. The number of nitrogens with one attached hydrogen (secondary N) is 1. The summed E-state index contributed by atoms with van der Waals surface area (Å²) in [5, 5.41) is 29.7. The fourth-order valence-corrected chi connectivity index (χ4v) is 1.67. The molecular weight excluding hydrogens is 594 g/mol. The first-order chi connectivity index (χ1) is 22.9. The van der Waals surface area contributed by atoms with E-state index >= 15 is 0 Å². The van der Waals surface area contributed by atoms with Crippen molar-refractivity contribution in [3.63, 3.8) is 0 Å². The standard InChI is InChI=1S/3C6H6O.C4H6N2.C3H4O2.5C2H6.CH6N2.CH5N/c3*7-6-4-2-1-3-5-6;1-6-4-2-3-5-6;4-2-1-3-5;5*1-2;1-3-2;1-2/h3*1-5,7H;2-4H,1H3;2-3H,1H2;5*1-2H3;3H,2H2,1H3;2H2,1H3. The van der Waals surface area contributed by atoms with E-state index in [1.807, 2.05) is 107 Å². The number of aldehydes is 2. The van der Waals surface area contributed by atoms with Gasteiger partial charge in [0, 0.05) is 19.4 Å². The number of aryl methyl sites for hydroxylation is 1. The number of aromatic hydroxyl groups is 3. The molecule has 0 radical (unpaired) electrons. The minimum atomic E-state index is 0.0278. The van der Waals surface area contributed by atoms with Crippen LogP contribution < -0.4 is 17.0 Å². The van der Waals surface area contributed by atoms with Gasteiger partial charge in [-0.25, -0.2) is 0 Å². The lowest BCUT2D eigenvalue weighted by atomic mass is 10.3. The van der Waals surface area contributed by atoms with Gasteiger partial charge in [-0.1, -0.05) is 124 Å². The van der Waals surface area contributed by atoms with E-state index in [4.69, 9.17) is 15.3 Å². The van der Waals surface area contributed by atoms with Gasteiger partial charge < -0.3 is 30.6 Å². The smallest absolute Gasteiger partial charge is 0.127 e. The van der Waals surface area contributed by atoms with E-state index in [9.17, 15) is 9.59 Å². The van der Waals surface area contributed by atoms with Gasteiger partial charge >= 0.3 is 0 Å². The molecule has 4 rings (SSSR count). The summed E-state index contributed by atoms with van der Waals surface area (Å²) in [5.74, 6) is 5.56. The normalized spacial score (nSPS) is 6.79. The Bertz CT molecular complexity index is 852. The van der Waals surface area contributed by atoms with Gasteiger partial charge in [-0.3, -0.25) is 16.0 Å². The fraction of sp³-hybridized carbons (Fsp3) is 0.378. The molecule has 8 N–H and O–H groups in total. The number of phenolic OH excluding ortho intramolecular Hbond substituents is 3. The third kappa shape index (κ3) is 79.7. The highest BCUT2D eigenvalue weighted by molar-refractivity contribution is 5.72. The molecule has 47 heavy (non-hydrogen) atoms. The zero-order valence-electron chi connectivity index (χ0n) is 31.5. The Morgan fingerprint density at radius 3 is 0.894 bits per heavy atom. The third-order valence-electron chi connectivity index (χ3n) is 3.10. The van der Waals surface area contributed by atoms with Gasteiger partial charge in [0.05, 0.1) is 6.42 Å². The lowest BCUT2D eigenvalue weighted by molar-refractivity contribution is -0.114. The second-order valence-corrected chi connectivity index (χ2v) is 6.04. The molecule has 0 aliphatic heterocycles. The monoisotopic (exact) mass is 664 g/mol. The Labute approximate surface area is 287 Å². The number of nitrogens with two attached hydrogens (primary N) is 2. The molecule has 272 valence electrons. The Morgan fingerprint density at radius 1 is 0.596 bits per heavy atom. The Morgan fingerprint density at radius 2 is 0.830 bits per heavy atom. The van der Waals surface area contributed by atoms with Crippen LogP contribution in [0.5, 0.6) is 17.2 Å². The second kappa shape index (κ2) is 73.2. The number of carbonyl (C=O) groups excluding carboxylic acids is 2. The maximum Gasteiger partial charge on any atom is 0.127 e. The molecule has 4 aromatic rings. The summed E-state index contributed by atoms with van der Waals surface area (Å²) in [5.41, 5.74) is 6.75. The summed E-state index contributed by atoms with van der Waals surface area (Å²) in [4.78, 5) is 18.3. The molecule has 0 saturated carbocycles. The molecule has 0 fully saturated rings. The summed E-state index contributed by atoms with van der Waals surface area (Å²) in [7, 11) is 5.04. The average Bonchev–Trinajstić information content (AvgIpc) is 3.64. The SMILES string of the molecule is CC.CC.CC.CC.CC.CN.CNN.Cn1cccn1.O=CCC=O.Oc1ccccc1.Oc1ccccc1.Oc1ccccc1. The van der Waals surface area contributed by atoms with Crippen molar-refractivity contribution in [2.45, 2.75) is 75.7 Å². The van der Waals surface area contributed by atoms with Crippen LogP contribution in [0.2, 0.25) is 0 Å². The van der Waals surface area contributed by atoms with Crippen LogP contribution >= 0.6 is 0 Å². The maximum atomic E-state index is 9.17. The molecule has 0 unspecified atom stereocenters. The summed E-state index contributed by atoms with van der Waals surface area (Å²) >= 11 is 0. The van der Waals surface area contributed by atoms with Gasteiger partial charge in [-0.05, 0) is 56.6 Å². The van der Waals surface area contributed by atoms with Crippen LogP contribution in [0.3, 0.4) is 0 Å². The first-order valence-corrected chi connectivity index (χ1v) is 15.9. The molecule has 0 aliphatic rings. The van der Waals surface area contributed by atoms with Crippen LogP contribution in [-0.4, -0.2) is 51.8 Å². The number of para-hydroxylation sites is 3. The van der Waals surface area contributed by atoms with Crippen LogP contribution in [0, 0.1) is 0 Å². The number of benzene rings is 3. The number of hydrazine groups is 1. The van der Waals surface area contributed by atoms with Crippen molar-refractivity contribution < 1.29 is 24.9 Å². The van der Waals surface area contributed by atoms with Crippen LogP contribution in [0.4, 0.5) is 0 Å². The number of rotatable bonds is 2. The van der Waals surface area contributed by atoms with Crippen LogP contribution in [0.1, 0.15) is 75.7 Å². The van der Waals surface area contributed by atoms with Crippen molar-refractivity contribution in [2.24, 2.45) is 18.6 Å². The molecule has 3 aromatic carbocycles. The van der Waals surface area contributed by atoms with Crippen molar-refractivity contribution in [3.8, 4) is 17.2 Å². The van der Waals surface area contributed by atoms with Gasteiger partial charge in [0.15, 0.2) is 0 Å². The highest BCUT2D eigenvalue weighted by atomic mass is 16.3. The molecule has 0 spiro atoms. The summed E-state index contributed by atoms with van der Waals surface area (Å²) in [6.45, 7) is 20.0. The minimum Gasteiger partial charge on any atom is -0.508 e. The number of hydrogen-bond acceptors (Lipinski definition) is 9. The number of hydrogen-bond donors (Lipinski definition) is 6. The summed E-state index contributed by atoms with van der Waals surface area (Å²) in [6.07, 6.45) is 4.79. The highest BCUT2D eigenvalue weighted by Crippen LogP contribution is 2.04. The van der Waals surface area contributed by atoms with E-state index in [2.05, 4.69) is 22.1 Å². The van der Waals surface area contributed by atoms with Crippen LogP contribution in [0.25, 0.3) is 0 Å². The molecule has 10 heteroatoms. The van der Waals surface area contributed by atoms with Crippen molar-refractivity contribution in [3.05, 3.63) is 109 Å². The van der Waals surface area contributed by atoms with Gasteiger partial charge in [0.2, 0.25) is 0 Å².